The number of nitrogens with zero attached hydrogens (tertiary/aromatic N) is 3. The Labute approximate surface area is 70.4 Å². The van der Waals surface area contributed by atoms with Crippen molar-refractivity contribution in [2.45, 2.75) is 19.8 Å². The first-order chi connectivity index (χ1) is 5.77. The fraction of sp³-hybridized carbons (Fsp3) is 0.375. The van der Waals surface area contributed by atoms with E-state index in [9.17, 15) is 4.79 Å². The molecular weight excluding hydrogens is 154 g/mol. The second kappa shape index (κ2) is 3.67. The van der Waals surface area contributed by atoms with Gasteiger partial charge in [0.05, 0.1) is 0 Å². The highest BCUT2D eigenvalue weighted by Crippen LogP contribution is 1.97. The third-order valence-corrected chi connectivity index (χ3v) is 1.45. The van der Waals surface area contributed by atoms with Gasteiger partial charge in [0, 0.05) is 12.6 Å². The van der Waals surface area contributed by atoms with Crippen LogP contribution in [0.2, 0.25) is 0 Å². The van der Waals surface area contributed by atoms with Crippen LogP contribution in [0.15, 0.2) is 12.5 Å². The molecule has 1 aromatic heterocycles. The van der Waals surface area contributed by atoms with Gasteiger partial charge in [-0.05, 0) is 6.42 Å². The van der Waals surface area contributed by atoms with Gasteiger partial charge in [-0.2, -0.15) is 5.26 Å². The first-order valence-corrected chi connectivity index (χ1v) is 3.75. The molecule has 0 radical (unpaired) electrons. The molecule has 0 aromatic carbocycles. The largest absolute Gasteiger partial charge is 0.275 e. The van der Waals surface area contributed by atoms with E-state index in [-0.39, 0.29) is 11.6 Å². The monoisotopic (exact) mass is 163 g/mol. The molecular formula is C8H9N3O. The summed E-state index contributed by atoms with van der Waals surface area (Å²) >= 11 is 0. The summed E-state index contributed by atoms with van der Waals surface area (Å²) in [7, 11) is 0. The molecule has 0 unspecified atom stereocenters. The van der Waals surface area contributed by atoms with Crippen molar-refractivity contribution in [2.75, 3.05) is 0 Å². The molecule has 0 aliphatic heterocycles. The van der Waals surface area contributed by atoms with Crippen LogP contribution in [0.5, 0.6) is 0 Å². The van der Waals surface area contributed by atoms with Gasteiger partial charge in [-0.25, -0.2) is 4.98 Å². The fourth-order valence-corrected chi connectivity index (χ4v) is 0.860. The van der Waals surface area contributed by atoms with Crippen molar-refractivity contribution in [1.82, 2.24) is 9.55 Å². The van der Waals surface area contributed by atoms with Crippen LogP contribution in [-0.4, -0.2) is 15.5 Å². The van der Waals surface area contributed by atoms with Crippen LogP contribution in [0, 0.1) is 11.3 Å². The quantitative estimate of drug-likeness (QED) is 0.658. The number of carbonyl (C=O) groups is 1. The highest BCUT2D eigenvalue weighted by molar-refractivity contribution is 5.78. The van der Waals surface area contributed by atoms with E-state index in [1.807, 2.05) is 13.0 Å². The molecule has 0 bridgehead atoms. The van der Waals surface area contributed by atoms with Crippen molar-refractivity contribution in [1.29, 1.82) is 5.26 Å². The molecule has 62 valence electrons. The fourth-order valence-electron chi connectivity index (χ4n) is 0.860. The smallest absolute Gasteiger partial charge is 0.231 e. The molecule has 0 fully saturated rings. The van der Waals surface area contributed by atoms with Crippen molar-refractivity contribution < 1.29 is 4.79 Å². The minimum absolute atomic E-state index is 0.0218. The van der Waals surface area contributed by atoms with Gasteiger partial charge in [0.25, 0.3) is 0 Å². The molecule has 1 aromatic rings. The van der Waals surface area contributed by atoms with Gasteiger partial charge < -0.3 is 0 Å². The van der Waals surface area contributed by atoms with E-state index in [4.69, 9.17) is 5.26 Å². The number of nitriles is 1. The summed E-state index contributed by atoms with van der Waals surface area (Å²) in [6.45, 7) is 1.93. The third-order valence-electron chi connectivity index (χ3n) is 1.45. The Hall–Kier alpha value is -1.63. The van der Waals surface area contributed by atoms with Crippen LogP contribution < -0.4 is 0 Å². The first kappa shape index (κ1) is 8.47. The van der Waals surface area contributed by atoms with Gasteiger partial charge in [-0.3, -0.25) is 9.36 Å². The van der Waals surface area contributed by atoms with Crippen molar-refractivity contribution in [3.63, 3.8) is 0 Å². The molecule has 0 saturated heterocycles. The summed E-state index contributed by atoms with van der Waals surface area (Å²) in [4.78, 5) is 14.9. The first-order valence-electron chi connectivity index (χ1n) is 3.75. The second-order valence-electron chi connectivity index (χ2n) is 2.42. The molecule has 0 atom stereocenters. The topological polar surface area (TPSA) is 58.7 Å². The van der Waals surface area contributed by atoms with Crippen molar-refractivity contribution in [3.8, 4) is 6.07 Å². The molecule has 0 N–H and O–H groups in total. The second-order valence-corrected chi connectivity index (χ2v) is 2.42. The van der Waals surface area contributed by atoms with Crippen LogP contribution in [0.4, 0.5) is 0 Å². The summed E-state index contributed by atoms with van der Waals surface area (Å²) in [5.74, 6) is -0.0218. The Morgan fingerprint density at radius 1 is 1.83 bits per heavy atom. The van der Waals surface area contributed by atoms with E-state index >= 15 is 0 Å². The zero-order valence-corrected chi connectivity index (χ0v) is 6.82. The predicted octanol–water partition coefficient (Wildman–Crippen LogP) is 1.20. The average molecular weight is 163 g/mol. The molecule has 1 heterocycles. The summed E-state index contributed by atoms with van der Waals surface area (Å²) in [5.41, 5.74) is 0.277. The Balaban J connectivity index is 2.76. The molecule has 0 saturated carbocycles. The summed E-state index contributed by atoms with van der Waals surface area (Å²) in [5, 5.41) is 8.43. The number of imidazole rings is 1. The Morgan fingerprint density at radius 2 is 2.58 bits per heavy atom. The molecule has 1 rings (SSSR count). The average Bonchev–Trinajstić information content (AvgIpc) is 2.52. The van der Waals surface area contributed by atoms with Gasteiger partial charge in [0.2, 0.25) is 5.91 Å². The maximum Gasteiger partial charge on any atom is 0.231 e. The zero-order valence-electron chi connectivity index (χ0n) is 6.82. The molecule has 0 aliphatic rings. The van der Waals surface area contributed by atoms with E-state index in [1.54, 1.807) is 0 Å². The maximum absolute atomic E-state index is 11.2. The normalized spacial score (nSPS) is 9.33. The number of hydrogen-bond donors (Lipinski definition) is 0. The SMILES string of the molecule is CCCC(=O)n1cnc(C#N)c1. The molecule has 0 aliphatic carbocycles. The van der Waals surface area contributed by atoms with E-state index in [0.29, 0.717) is 6.42 Å². The van der Waals surface area contributed by atoms with E-state index in [0.717, 1.165) is 6.42 Å². The van der Waals surface area contributed by atoms with Crippen molar-refractivity contribution in [2.24, 2.45) is 0 Å². The van der Waals surface area contributed by atoms with E-state index < -0.39 is 0 Å². The van der Waals surface area contributed by atoms with Crippen LogP contribution in [0.3, 0.4) is 0 Å². The van der Waals surface area contributed by atoms with Gasteiger partial charge in [-0.15, -0.1) is 0 Å². The standard InChI is InChI=1S/C8H9N3O/c1-2-3-8(12)11-5-7(4-9)10-6-11/h5-6H,2-3H2,1H3. The van der Waals surface area contributed by atoms with Crippen molar-refractivity contribution in [3.05, 3.63) is 18.2 Å². The van der Waals surface area contributed by atoms with Crippen LogP contribution in [0.25, 0.3) is 0 Å². The Bertz CT molecular complexity index is 321. The van der Waals surface area contributed by atoms with E-state index in [2.05, 4.69) is 4.98 Å². The van der Waals surface area contributed by atoms with Crippen LogP contribution in [0.1, 0.15) is 30.3 Å². The molecule has 4 nitrogen and oxygen atoms in total. The van der Waals surface area contributed by atoms with E-state index in [1.165, 1.54) is 17.1 Å². The van der Waals surface area contributed by atoms with Gasteiger partial charge in [-0.1, -0.05) is 6.92 Å². The highest BCUT2D eigenvalue weighted by Gasteiger charge is 2.03. The number of hydrogen-bond acceptors (Lipinski definition) is 3. The summed E-state index contributed by atoms with van der Waals surface area (Å²) < 4.78 is 1.35. The number of carbonyl (C=O) groups excluding carboxylic acids is 1. The lowest BCUT2D eigenvalue weighted by Crippen LogP contribution is -2.06. The highest BCUT2D eigenvalue weighted by atomic mass is 16.2. The number of aromatic nitrogens is 2. The molecule has 12 heavy (non-hydrogen) atoms. The maximum atomic E-state index is 11.2. The lowest BCUT2D eigenvalue weighted by atomic mass is 10.3. The molecule has 0 spiro atoms. The predicted molar refractivity (Wildman–Crippen MR) is 42.5 cm³/mol. The van der Waals surface area contributed by atoms with Crippen molar-refractivity contribution >= 4 is 5.91 Å². The number of rotatable bonds is 2. The van der Waals surface area contributed by atoms with Gasteiger partial charge in [0.15, 0.2) is 5.69 Å². The zero-order chi connectivity index (χ0) is 8.97. The minimum atomic E-state index is -0.0218. The summed E-state index contributed by atoms with van der Waals surface area (Å²) in [6, 6.07) is 1.86. The third kappa shape index (κ3) is 1.70. The lowest BCUT2D eigenvalue weighted by molar-refractivity contribution is 0.0901. The lowest BCUT2D eigenvalue weighted by Gasteiger charge is -1.95. The minimum Gasteiger partial charge on any atom is -0.275 e. The Kier molecular flexibility index (Phi) is 2.59. The van der Waals surface area contributed by atoms with Gasteiger partial charge >= 0.3 is 0 Å². The van der Waals surface area contributed by atoms with Crippen LogP contribution >= 0.6 is 0 Å². The molecule has 4 heteroatoms. The summed E-state index contributed by atoms with van der Waals surface area (Å²) in [6.07, 6.45) is 4.11. The van der Waals surface area contributed by atoms with Crippen LogP contribution in [-0.2, 0) is 0 Å². The van der Waals surface area contributed by atoms with Gasteiger partial charge in [0.1, 0.15) is 12.4 Å². The Morgan fingerprint density at radius 3 is 3.08 bits per heavy atom. The molecule has 0 amide bonds.